The molecule has 4 rings (SSSR count). The van der Waals surface area contributed by atoms with Gasteiger partial charge in [-0.25, -0.2) is 0 Å². The van der Waals surface area contributed by atoms with Crippen LogP contribution in [0, 0.1) is 0 Å². The summed E-state index contributed by atoms with van der Waals surface area (Å²) in [5.41, 5.74) is 1.56. The maximum atomic E-state index is 12.8. The summed E-state index contributed by atoms with van der Waals surface area (Å²) in [4.78, 5) is 29.0. The van der Waals surface area contributed by atoms with E-state index in [1.54, 1.807) is 4.90 Å². The zero-order chi connectivity index (χ0) is 15.3. The maximum absolute atomic E-state index is 12.8. The van der Waals surface area contributed by atoms with E-state index in [-0.39, 0.29) is 11.8 Å². The maximum Gasteiger partial charge on any atom is 0.259 e. The molecule has 1 atom stereocenters. The highest BCUT2D eigenvalue weighted by molar-refractivity contribution is 6.26. The number of hydrogen-bond donors (Lipinski definition) is 0. The van der Waals surface area contributed by atoms with Crippen molar-refractivity contribution >= 4 is 28.3 Å². The molecule has 4 nitrogen and oxygen atoms in total. The lowest BCUT2D eigenvalue weighted by Crippen LogP contribution is -2.47. The number of amides is 2. The van der Waals surface area contributed by atoms with Gasteiger partial charge in [-0.1, -0.05) is 24.3 Å². The quantitative estimate of drug-likeness (QED) is 0.854. The van der Waals surface area contributed by atoms with E-state index >= 15 is 0 Å². The number of nitrogens with zero attached hydrogens (tertiary/aromatic N) is 2. The monoisotopic (exact) mass is 294 g/mol. The summed E-state index contributed by atoms with van der Waals surface area (Å²) in [6.07, 6.45) is 2.12. The van der Waals surface area contributed by atoms with Crippen LogP contribution in [0.1, 0.15) is 30.1 Å². The minimum Gasteiger partial charge on any atom is -0.341 e. The van der Waals surface area contributed by atoms with Crippen molar-refractivity contribution in [2.24, 2.45) is 0 Å². The molecule has 2 heterocycles. The lowest BCUT2D eigenvalue weighted by Gasteiger charge is -2.28. The summed E-state index contributed by atoms with van der Waals surface area (Å²) in [7, 11) is 0. The molecule has 1 saturated heterocycles. The van der Waals surface area contributed by atoms with Crippen LogP contribution in [0.15, 0.2) is 36.4 Å². The van der Waals surface area contributed by atoms with Gasteiger partial charge in [0.25, 0.3) is 5.91 Å². The first kappa shape index (κ1) is 13.3. The summed E-state index contributed by atoms with van der Waals surface area (Å²) in [6.45, 7) is 3.45. The minimum absolute atomic E-state index is 0.0515. The standard InChI is InChI=1S/C18H18N2O2/c1-12(17(21)19-10-2-3-11-19)20-15-9-5-7-13-6-4-8-14(16(13)15)18(20)22/h4-9,12H,2-3,10-11H2,1H3. The van der Waals surface area contributed by atoms with Crippen LogP contribution in [0.25, 0.3) is 10.8 Å². The first-order chi connectivity index (χ1) is 10.7. The lowest BCUT2D eigenvalue weighted by molar-refractivity contribution is -0.131. The molecule has 22 heavy (non-hydrogen) atoms. The van der Waals surface area contributed by atoms with Crippen LogP contribution in [0.2, 0.25) is 0 Å². The smallest absolute Gasteiger partial charge is 0.259 e. The van der Waals surface area contributed by atoms with Crippen molar-refractivity contribution in [1.29, 1.82) is 0 Å². The van der Waals surface area contributed by atoms with Crippen molar-refractivity contribution < 1.29 is 9.59 Å². The largest absolute Gasteiger partial charge is 0.341 e. The molecule has 1 fully saturated rings. The zero-order valence-corrected chi connectivity index (χ0v) is 12.6. The van der Waals surface area contributed by atoms with Gasteiger partial charge in [-0.05, 0) is 37.3 Å². The lowest BCUT2D eigenvalue weighted by atomic mass is 10.1. The van der Waals surface area contributed by atoms with Crippen molar-refractivity contribution in [3.05, 3.63) is 42.0 Å². The van der Waals surface area contributed by atoms with E-state index in [2.05, 4.69) is 0 Å². The Morgan fingerprint density at radius 1 is 1.09 bits per heavy atom. The Balaban J connectivity index is 1.76. The summed E-state index contributed by atoms with van der Waals surface area (Å²) >= 11 is 0. The number of carbonyl (C=O) groups is 2. The van der Waals surface area contributed by atoms with E-state index in [4.69, 9.17) is 0 Å². The van der Waals surface area contributed by atoms with Gasteiger partial charge >= 0.3 is 0 Å². The van der Waals surface area contributed by atoms with Crippen LogP contribution in [-0.4, -0.2) is 35.8 Å². The van der Waals surface area contributed by atoms with Crippen LogP contribution in [-0.2, 0) is 4.79 Å². The van der Waals surface area contributed by atoms with E-state index in [9.17, 15) is 9.59 Å². The molecule has 2 aliphatic rings. The second-order valence-electron chi connectivity index (χ2n) is 6.06. The van der Waals surface area contributed by atoms with Gasteiger partial charge in [0.2, 0.25) is 5.91 Å². The predicted molar refractivity (Wildman–Crippen MR) is 86.0 cm³/mol. The molecule has 4 heteroatoms. The third-order valence-electron chi connectivity index (χ3n) is 4.75. The summed E-state index contributed by atoms with van der Waals surface area (Å²) in [5, 5.41) is 2.02. The number of anilines is 1. The third-order valence-corrected chi connectivity index (χ3v) is 4.75. The van der Waals surface area contributed by atoms with Gasteiger partial charge < -0.3 is 4.90 Å². The molecule has 0 aromatic heterocycles. The van der Waals surface area contributed by atoms with Gasteiger partial charge in [0.05, 0.1) is 5.69 Å². The fraction of sp³-hybridized carbons (Fsp3) is 0.333. The highest BCUT2D eigenvalue weighted by atomic mass is 16.2. The average molecular weight is 294 g/mol. The molecule has 0 N–H and O–H groups in total. The average Bonchev–Trinajstić information content (AvgIpc) is 3.16. The third kappa shape index (κ3) is 1.76. The van der Waals surface area contributed by atoms with Crippen molar-refractivity contribution in [3.8, 4) is 0 Å². The number of hydrogen-bond acceptors (Lipinski definition) is 2. The molecule has 2 aromatic carbocycles. The normalized spacial score (nSPS) is 18.3. The molecule has 0 aliphatic carbocycles. The summed E-state index contributed by atoms with van der Waals surface area (Å²) in [6, 6.07) is 11.2. The first-order valence-electron chi connectivity index (χ1n) is 7.82. The van der Waals surface area contributed by atoms with E-state index < -0.39 is 6.04 Å². The van der Waals surface area contributed by atoms with Crippen molar-refractivity contribution in [1.82, 2.24) is 4.90 Å². The van der Waals surface area contributed by atoms with E-state index in [1.807, 2.05) is 48.2 Å². The Morgan fingerprint density at radius 2 is 1.77 bits per heavy atom. The summed E-state index contributed by atoms with van der Waals surface area (Å²) in [5.74, 6) is -0.0116. The summed E-state index contributed by atoms with van der Waals surface area (Å²) < 4.78 is 0. The topological polar surface area (TPSA) is 40.6 Å². The van der Waals surface area contributed by atoms with Crippen LogP contribution in [0.5, 0.6) is 0 Å². The molecule has 1 unspecified atom stereocenters. The molecule has 2 amide bonds. The Labute approximate surface area is 129 Å². The Bertz CT molecular complexity index is 773. The molecule has 0 spiro atoms. The Kier molecular flexibility index (Phi) is 2.93. The highest BCUT2D eigenvalue weighted by Gasteiger charge is 2.37. The SMILES string of the molecule is CC(C(=O)N1CCCC1)N1C(=O)c2cccc3cccc1c23. The molecular formula is C18H18N2O2. The molecule has 2 aliphatic heterocycles. The van der Waals surface area contributed by atoms with Crippen molar-refractivity contribution in [2.45, 2.75) is 25.8 Å². The fourth-order valence-corrected chi connectivity index (χ4v) is 3.64. The second kappa shape index (κ2) is 4.83. The van der Waals surface area contributed by atoms with Gasteiger partial charge in [0.1, 0.15) is 6.04 Å². The molecule has 2 aromatic rings. The Hall–Kier alpha value is -2.36. The van der Waals surface area contributed by atoms with Crippen molar-refractivity contribution in [2.75, 3.05) is 18.0 Å². The van der Waals surface area contributed by atoms with Gasteiger partial charge in [-0.15, -0.1) is 0 Å². The van der Waals surface area contributed by atoms with Gasteiger partial charge in [0, 0.05) is 24.0 Å². The minimum atomic E-state index is -0.455. The van der Waals surface area contributed by atoms with Crippen LogP contribution in [0.3, 0.4) is 0 Å². The van der Waals surface area contributed by atoms with E-state index in [0.29, 0.717) is 5.56 Å². The number of likely N-dealkylation sites (tertiary alicyclic amines) is 1. The molecule has 0 bridgehead atoms. The predicted octanol–water partition coefficient (Wildman–Crippen LogP) is 2.81. The second-order valence-corrected chi connectivity index (χ2v) is 6.06. The Morgan fingerprint density at radius 3 is 2.50 bits per heavy atom. The number of benzene rings is 2. The number of carbonyl (C=O) groups excluding carboxylic acids is 2. The number of rotatable bonds is 2. The first-order valence-corrected chi connectivity index (χ1v) is 7.82. The van der Waals surface area contributed by atoms with Gasteiger partial charge in [-0.3, -0.25) is 14.5 Å². The molecule has 112 valence electrons. The van der Waals surface area contributed by atoms with E-state index in [1.165, 1.54) is 0 Å². The molecule has 0 saturated carbocycles. The van der Waals surface area contributed by atoms with Crippen LogP contribution >= 0.6 is 0 Å². The van der Waals surface area contributed by atoms with E-state index in [0.717, 1.165) is 42.4 Å². The van der Waals surface area contributed by atoms with Crippen molar-refractivity contribution in [3.63, 3.8) is 0 Å². The highest BCUT2D eigenvalue weighted by Crippen LogP contribution is 2.38. The van der Waals surface area contributed by atoms with Crippen LogP contribution < -0.4 is 4.90 Å². The van der Waals surface area contributed by atoms with Gasteiger partial charge in [-0.2, -0.15) is 0 Å². The zero-order valence-electron chi connectivity index (χ0n) is 12.6. The molecule has 0 radical (unpaired) electrons. The van der Waals surface area contributed by atoms with Gasteiger partial charge in [0.15, 0.2) is 0 Å². The molecular weight excluding hydrogens is 276 g/mol. The fourth-order valence-electron chi connectivity index (χ4n) is 3.64. The van der Waals surface area contributed by atoms with Crippen LogP contribution in [0.4, 0.5) is 5.69 Å².